The molecule has 1 aliphatic heterocycles. The van der Waals surface area contributed by atoms with Crippen molar-refractivity contribution in [2.24, 2.45) is 0 Å². The van der Waals surface area contributed by atoms with Crippen LogP contribution in [-0.4, -0.2) is 24.1 Å². The van der Waals surface area contributed by atoms with Gasteiger partial charge >= 0.3 is 6.16 Å². The summed E-state index contributed by atoms with van der Waals surface area (Å²) in [4.78, 5) is 28.0. The van der Waals surface area contributed by atoms with Crippen molar-refractivity contribution < 1.29 is 19.1 Å². The van der Waals surface area contributed by atoms with Gasteiger partial charge in [0, 0.05) is 0 Å². The number of carbonyl (C=O) groups is 2. The van der Waals surface area contributed by atoms with Gasteiger partial charge in [-0.3, -0.25) is 4.79 Å². The Morgan fingerprint density at radius 2 is 0.833 bits per heavy atom. The molecule has 172 valence electrons. The standard InChI is InChI=1S/C32H20O4/c33-29-31(19-11-3-1-4-12-19)25-23-17-9-7-15-21(23)22-16-8-10-18-24(22)26(25)32(29,20-13-5-2-6-14-20)28-27(31)35-30(34)36-28/h1-18,27-28H/t27?,28?,31-,32+. The molecular formula is C32H20O4. The normalized spacial score (nSPS) is 27.7. The number of fused-ring (bicyclic) bond motifs is 13. The number of hydrogen-bond acceptors (Lipinski definition) is 4. The molecule has 8 rings (SSSR count). The van der Waals surface area contributed by atoms with Crippen molar-refractivity contribution in [1.29, 1.82) is 0 Å². The van der Waals surface area contributed by atoms with Crippen LogP contribution in [0.4, 0.5) is 4.79 Å². The molecule has 0 N–H and O–H groups in total. The molecule has 1 saturated heterocycles. The SMILES string of the molecule is O=C1OC2C(O1)[C@@]1(c3ccccc3)C(=O)[C@]2(c2ccccc2)c2c1c1ccccc1c1ccccc21. The van der Waals surface area contributed by atoms with Crippen LogP contribution in [0.25, 0.3) is 21.5 Å². The van der Waals surface area contributed by atoms with Crippen LogP contribution < -0.4 is 0 Å². The third-order valence-electron chi connectivity index (χ3n) is 8.47. The van der Waals surface area contributed by atoms with Gasteiger partial charge in [0.2, 0.25) is 0 Å². The fourth-order valence-corrected chi connectivity index (χ4v) is 7.31. The van der Waals surface area contributed by atoms with Gasteiger partial charge in [-0.1, -0.05) is 109 Å². The molecule has 1 heterocycles. The molecule has 2 bridgehead atoms. The molecule has 2 aliphatic carbocycles. The van der Waals surface area contributed by atoms with E-state index in [2.05, 4.69) is 24.3 Å². The molecular weight excluding hydrogens is 448 g/mol. The van der Waals surface area contributed by atoms with E-state index in [-0.39, 0.29) is 5.78 Å². The Kier molecular flexibility index (Phi) is 3.64. The first-order valence-electron chi connectivity index (χ1n) is 12.2. The molecule has 36 heavy (non-hydrogen) atoms. The van der Waals surface area contributed by atoms with Crippen LogP contribution in [0.3, 0.4) is 0 Å². The summed E-state index contributed by atoms with van der Waals surface area (Å²) in [5.74, 6) is 0.00593. The predicted molar refractivity (Wildman–Crippen MR) is 136 cm³/mol. The van der Waals surface area contributed by atoms with Crippen LogP contribution in [0.15, 0.2) is 109 Å². The zero-order chi connectivity index (χ0) is 24.1. The minimum atomic E-state index is -1.19. The fraction of sp³-hybridized carbons (Fsp3) is 0.125. The van der Waals surface area contributed by atoms with Gasteiger partial charge in [-0.15, -0.1) is 0 Å². The van der Waals surface area contributed by atoms with Gasteiger partial charge in [0.25, 0.3) is 0 Å². The lowest BCUT2D eigenvalue weighted by Gasteiger charge is -2.37. The lowest BCUT2D eigenvalue weighted by molar-refractivity contribution is -0.125. The smallest absolute Gasteiger partial charge is 0.425 e. The molecule has 2 unspecified atom stereocenters. The van der Waals surface area contributed by atoms with E-state index in [1.807, 2.05) is 84.9 Å². The highest BCUT2D eigenvalue weighted by molar-refractivity contribution is 6.23. The molecule has 0 radical (unpaired) electrons. The van der Waals surface area contributed by atoms with Gasteiger partial charge in [0.1, 0.15) is 10.8 Å². The number of hydrogen-bond donors (Lipinski definition) is 0. The lowest BCUT2D eigenvalue weighted by atomic mass is 9.66. The summed E-state index contributed by atoms with van der Waals surface area (Å²) in [6.45, 7) is 0. The number of rotatable bonds is 2. The molecule has 4 nitrogen and oxygen atoms in total. The minimum Gasteiger partial charge on any atom is -0.425 e. The molecule has 4 heteroatoms. The highest BCUT2D eigenvalue weighted by Gasteiger charge is 2.81. The summed E-state index contributed by atoms with van der Waals surface area (Å²) in [5.41, 5.74) is 1.12. The summed E-state index contributed by atoms with van der Waals surface area (Å²) >= 11 is 0. The average Bonchev–Trinajstić information content (AvgIpc) is 3.51. The van der Waals surface area contributed by atoms with E-state index in [1.165, 1.54) is 0 Å². The van der Waals surface area contributed by atoms with Crippen LogP contribution >= 0.6 is 0 Å². The number of ether oxygens (including phenoxy) is 2. The predicted octanol–water partition coefficient (Wildman–Crippen LogP) is 6.07. The number of benzene rings is 5. The largest absolute Gasteiger partial charge is 0.509 e. The van der Waals surface area contributed by atoms with Gasteiger partial charge in [0.05, 0.1) is 0 Å². The molecule has 2 fully saturated rings. The average molecular weight is 469 g/mol. The van der Waals surface area contributed by atoms with Crippen LogP contribution in [0, 0.1) is 0 Å². The van der Waals surface area contributed by atoms with Crippen molar-refractivity contribution in [3.05, 3.63) is 131 Å². The van der Waals surface area contributed by atoms with Crippen molar-refractivity contribution in [2.75, 3.05) is 0 Å². The molecule has 0 spiro atoms. The topological polar surface area (TPSA) is 52.6 Å². The van der Waals surface area contributed by atoms with E-state index in [0.717, 1.165) is 43.8 Å². The second-order valence-corrected chi connectivity index (χ2v) is 9.85. The Morgan fingerprint density at radius 3 is 1.25 bits per heavy atom. The number of Topliss-reactive ketones (excluding diaryl/α,β-unsaturated/α-hetero) is 1. The molecule has 5 aromatic carbocycles. The van der Waals surface area contributed by atoms with Crippen molar-refractivity contribution in [2.45, 2.75) is 23.0 Å². The second-order valence-electron chi connectivity index (χ2n) is 9.85. The highest BCUT2D eigenvalue weighted by atomic mass is 16.8. The maximum absolute atomic E-state index is 15.2. The molecule has 0 aromatic heterocycles. The van der Waals surface area contributed by atoms with Crippen molar-refractivity contribution in [1.82, 2.24) is 0 Å². The van der Waals surface area contributed by atoms with E-state index < -0.39 is 29.2 Å². The Bertz CT molecular complexity index is 1620. The summed E-state index contributed by atoms with van der Waals surface area (Å²) in [7, 11) is 0. The van der Waals surface area contributed by atoms with E-state index in [9.17, 15) is 4.79 Å². The van der Waals surface area contributed by atoms with Crippen molar-refractivity contribution in [3.8, 4) is 0 Å². The summed E-state index contributed by atoms with van der Waals surface area (Å²) in [6.07, 6.45) is -2.26. The monoisotopic (exact) mass is 468 g/mol. The lowest BCUT2D eigenvalue weighted by Crippen LogP contribution is -2.46. The third-order valence-corrected chi connectivity index (χ3v) is 8.47. The van der Waals surface area contributed by atoms with Gasteiger partial charge in [0.15, 0.2) is 18.0 Å². The first-order valence-corrected chi connectivity index (χ1v) is 12.2. The van der Waals surface area contributed by atoms with Crippen LogP contribution in [0.1, 0.15) is 22.3 Å². The van der Waals surface area contributed by atoms with Gasteiger partial charge < -0.3 is 9.47 Å². The second kappa shape index (κ2) is 6.61. The molecule has 1 saturated carbocycles. The Hall–Kier alpha value is -4.44. The van der Waals surface area contributed by atoms with Crippen LogP contribution in [-0.2, 0) is 25.1 Å². The molecule has 3 aliphatic rings. The highest BCUT2D eigenvalue weighted by Crippen LogP contribution is 2.68. The quantitative estimate of drug-likeness (QED) is 0.233. The van der Waals surface area contributed by atoms with E-state index in [0.29, 0.717) is 0 Å². The fourth-order valence-electron chi connectivity index (χ4n) is 7.31. The first-order chi connectivity index (χ1) is 17.7. The van der Waals surface area contributed by atoms with Crippen molar-refractivity contribution >= 4 is 33.5 Å². The van der Waals surface area contributed by atoms with E-state index >= 15 is 4.79 Å². The van der Waals surface area contributed by atoms with Crippen LogP contribution in [0.5, 0.6) is 0 Å². The third kappa shape index (κ3) is 2.01. The Balaban J connectivity index is 1.67. The maximum Gasteiger partial charge on any atom is 0.509 e. The number of carbonyl (C=O) groups excluding carboxylic acids is 2. The summed E-state index contributed by atoms with van der Waals surface area (Å²) in [5, 5.41) is 4.16. The van der Waals surface area contributed by atoms with Gasteiger partial charge in [-0.25, -0.2) is 4.79 Å². The molecule has 4 atom stereocenters. The van der Waals surface area contributed by atoms with Crippen molar-refractivity contribution in [3.63, 3.8) is 0 Å². The van der Waals surface area contributed by atoms with Gasteiger partial charge in [-0.05, 0) is 43.8 Å². The number of ketones is 1. The Morgan fingerprint density at radius 1 is 0.472 bits per heavy atom. The summed E-state index contributed by atoms with van der Waals surface area (Å²) < 4.78 is 11.9. The van der Waals surface area contributed by atoms with Gasteiger partial charge in [-0.2, -0.15) is 0 Å². The van der Waals surface area contributed by atoms with E-state index in [1.54, 1.807) is 0 Å². The maximum atomic E-state index is 15.2. The van der Waals surface area contributed by atoms with Crippen LogP contribution in [0.2, 0.25) is 0 Å². The first kappa shape index (κ1) is 19.8. The summed E-state index contributed by atoms with van der Waals surface area (Å²) in [6, 6.07) is 36.0. The van der Waals surface area contributed by atoms with E-state index in [4.69, 9.17) is 9.47 Å². The zero-order valence-corrected chi connectivity index (χ0v) is 19.2. The Labute approximate surface area is 207 Å². The zero-order valence-electron chi connectivity index (χ0n) is 19.2. The minimum absolute atomic E-state index is 0.00593. The molecule has 0 amide bonds. The molecule has 5 aromatic rings.